The maximum Gasteiger partial charge on any atom is 0.150 e. The maximum absolute atomic E-state index is 4.45. The monoisotopic (exact) mass is 220 g/mol. The highest BCUT2D eigenvalue weighted by Gasteiger charge is 2.12. The van der Waals surface area contributed by atoms with Crippen molar-refractivity contribution in [1.82, 2.24) is 9.55 Å². The topological polar surface area (TPSA) is 17.8 Å². The number of hydrogen-bond acceptors (Lipinski definition) is 2. The van der Waals surface area contributed by atoms with Crippen LogP contribution in [0.25, 0.3) is 10.7 Å². The highest BCUT2D eigenvalue weighted by molar-refractivity contribution is 7.13. The van der Waals surface area contributed by atoms with E-state index in [4.69, 9.17) is 0 Å². The zero-order chi connectivity index (χ0) is 10.7. The Hall–Kier alpha value is -1.09. The molecule has 0 saturated heterocycles. The first-order valence-electron chi connectivity index (χ1n) is 5.43. The largest absolute Gasteiger partial charge is 0.327 e. The van der Waals surface area contributed by atoms with Gasteiger partial charge < -0.3 is 4.57 Å². The van der Waals surface area contributed by atoms with E-state index in [1.54, 1.807) is 11.3 Å². The lowest BCUT2D eigenvalue weighted by atomic mass is 10.1. The Kier molecular flexibility index (Phi) is 3.21. The van der Waals surface area contributed by atoms with Crippen molar-refractivity contribution in [3.8, 4) is 10.7 Å². The van der Waals surface area contributed by atoms with Gasteiger partial charge in [0.2, 0.25) is 0 Å². The summed E-state index contributed by atoms with van der Waals surface area (Å²) >= 11 is 1.75. The quantitative estimate of drug-likeness (QED) is 0.762. The number of aromatic nitrogens is 2. The van der Waals surface area contributed by atoms with Gasteiger partial charge in [-0.3, -0.25) is 0 Å². The molecule has 2 rings (SSSR count). The molecule has 0 saturated carbocycles. The summed E-state index contributed by atoms with van der Waals surface area (Å²) in [6.07, 6.45) is 6.30. The first-order valence-corrected chi connectivity index (χ1v) is 6.31. The second-order valence-electron chi connectivity index (χ2n) is 3.61. The van der Waals surface area contributed by atoms with Crippen LogP contribution in [0.4, 0.5) is 0 Å². The molecule has 2 aromatic rings. The minimum Gasteiger partial charge on any atom is -0.327 e. The molecule has 2 nitrogen and oxygen atoms in total. The number of thiophene rings is 1. The van der Waals surface area contributed by atoms with E-state index in [0.29, 0.717) is 6.04 Å². The van der Waals surface area contributed by atoms with Crippen molar-refractivity contribution in [3.63, 3.8) is 0 Å². The number of nitrogens with zero attached hydrogens (tertiary/aromatic N) is 2. The van der Waals surface area contributed by atoms with E-state index in [9.17, 15) is 0 Å². The summed E-state index contributed by atoms with van der Waals surface area (Å²) < 4.78 is 2.30. The van der Waals surface area contributed by atoms with Crippen molar-refractivity contribution < 1.29 is 0 Å². The molecule has 0 bridgehead atoms. The normalized spacial score (nSPS) is 11.1. The SMILES string of the molecule is CCC(CC)n1ccnc1-c1cccs1. The summed E-state index contributed by atoms with van der Waals surface area (Å²) in [4.78, 5) is 5.71. The van der Waals surface area contributed by atoms with E-state index in [2.05, 4.69) is 47.1 Å². The first-order chi connectivity index (χ1) is 7.36. The Morgan fingerprint density at radius 1 is 1.40 bits per heavy atom. The standard InChI is InChI=1S/C12H16N2S/c1-3-10(4-2)14-8-7-13-12(14)11-6-5-9-15-11/h5-10H,3-4H2,1-2H3. The molecule has 80 valence electrons. The third-order valence-corrected chi connectivity index (χ3v) is 3.61. The second-order valence-corrected chi connectivity index (χ2v) is 4.55. The highest BCUT2D eigenvalue weighted by Crippen LogP contribution is 2.27. The van der Waals surface area contributed by atoms with Crippen LogP contribution in [0.1, 0.15) is 32.7 Å². The Balaban J connectivity index is 2.37. The lowest BCUT2D eigenvalue weighted by molar-refractivity contribution is 0.476. The van der Waals surface area contributed by atoms with Crippen molar-refractivity contribution in [3.05, 3.63) is 29.9 Å². The van der Waals surface area contributed by atoms with Crippen LogP contribution in [0.2, 0.25) is 0 Å². The summed E-state index contributed by atoms with van der Waals surface area (Å²) in [6, 6.07) is 4.78. The van der Waals surface area contributed by atoms with E-state index in [1.165, 1.54) is 4.88 Å². The van der Waals surface area contributed by atoms with Crippen LogP contribution in [0.5, 0.6) is 0 Å². The van der Waals surface area contributed by atoms with Gasteiger partial charge in [-0.05, 0) is 24.3 Å². The van der Waals surface area contributed by atoms with Crippen LogP contribution in [0.15, 0.2) is 29.9 Å². The predicted octanol–water partition coefficient (Wildman–Crippen LogP) is 3.97. The third-order valence-electron chi connectivity index (χ3n) is 2.75. The van der Waals surface area contributed by atoms with E-state index >= 15 is 0 Å². The number of hydrogen-bond donors (Lipinski definition) is 0. The van der Waals surface area contributed by atoms with Gasteiger partial charge in [-0.1, -0.05) is 19.9 Å². The summed E-state index contributed by atoms with van der Waals surface area (Å²) in [5.74, 6) is 1.11. The molecule has 0 aliphatic heterocycles. The van der Waals surface area contributed by atoms with Gasteiger partial charge in [0.1, 0.15) is 5.82 Å². The van der Waals surface area contributed by atoms with Gasteiger partial charge in [-0.15, -0.1) is 11.3 Å². The summed E-state index contributed by atoms with van der Waals surface area (Å²) in [7, 11) is 0. The van der Waals surface area contributed by atoms with E-state index in [1.807, 2.05) is 6.20 Å². The van der Waals surface area contributed by atoms with Crippen LogP contribution < -0.4 is 0 Å². The van der Waals surface area contributed by atoms with Gasteiger partial charge in [0, 0.05) is 18.4 Å². The number of imidazole rings is 1. The molecule has 0 atom stereocenters. The summed E-state index contributed by atoms with van der Waals surface area (Å²) in [5.41, 5.74) is 0. The molecular formula is C12H16N2S. The molecule has 2 aromatic heterocycles. The molecular weight excluding hydrogens is 204 g/mol. The van der Waals surface area contributed by atoms with Gasteiger partial charge >= 0.3 is 0 Å². The highest BCUT2D eigenvalue weighted by atomic mass is 32.1. The van der Waals surface area contributed by atoms with E-state index in [-0.39, 0.29) is 0 Å². The van der Waals surface area contributed by atoms with Gasteiger partial charge in [-0.2, -0.15) is 0 Å². The lowest BCUT2D eigenvalue weighted by Gasteiger charge is -2.16. The Labute approximate surface area is 94.6 Å². The molecule has 0 N–H and O–H groups in total. The van der Waals surface area contributed by atoms with Crippen molar-refractivity contribution in [2.45, 2.75) is 32.7 Å². The average molecular weight is 220 g/mol. The summed E-state index contributed by atoms with van der Waals surface area (Å²) in [6.45, 7) is 4.46. The maximum atomic E-state index is 4.45. The van der Waals surface area contributed by atoms with Crippen LogP contribution in [0.3, 0.4) is 0 Å². The first kappa shape index (κ1) is 10.4. The van der Waals surface area contributed by atoms with Gasteiger partial charge in [0.05, 0.1) is 4.88 Å². The molecule has 0 fully saturated rings. The smallest absolute Gasteiger partial charge is 0.150 e. The Bertz CT molecular complexity index is 399. The fourth-order valence-electron chi connectivity index (χ4n) is 1.89. The zero-order valence-corrected chi connectivity index (χ0v) is 10.00. The molecule has 0 aromatic carbocycles. The van der Waals surface area contributed by atoms with Crippen molar-refractivity contribution in [1.29, 1.82) is 0 Å². The molecule has 3 heteroatoms. The van der Waals surface area contributed by atoms with Crippen molar-refractivity contribution in [2.75, 3.05) is 0 Å². The van der Waals surface area contributed by atoms with Gasteiger partial charge in [0.25, 0.3) is 0 Å². The average Bonchev–Trinajstić information content (AvgIpc) is 2.88. The van der Waals surface area contributed by atoms with Crippen LogP contribution in [0, 0.1) is 0 Å². The number of rotatable bonds is 4. The minimum absolute atomic E-state index is 0.574. The van der Waals surface area contributed by atoms with Crippen molar-refractivity contribution >= 4 is 11.3 Å². The second kappa shape index (κ2) is 4.62. The van der Waals surface area contributed by atoms with Gasteiger partial charge in [0.15, 0.2) is 0 Å². The third kappa shape index (κ3) is 1.97. The van der Waals surface area contributed by atoms with E-state index < -0.39 is 0 Å². The molecule has 0 amide bonds. The van der Waals surface area contributed by atoms with Gasteiger partial charge in [-0.25, -0.2) is 4.98 Å². The van der Waals surface area contributed by atoms with E-state index in [0.717, 1.165) is 18.7 Å². The minimum atomic E-state index is 0.574. The molecule has 15 heavy (non-hydrogen) atoms. The Morgan fingerprint density at radius 2 is 2.20 bits per heavy atom. The van der Waals surface area contributed by atoms with Crippen molar-refractivity contribution in [2.24, 2.45) is 0 Å². The molecule has 0 unspecified atom stereocenters. The summed E-state index contributed by atoms with van der Waals surface area (Å²) in [5, 5.41) is 2.10. The molecule has 0 aliphatic carbocycles. The molecule has 0 spiro atoms. The van der Waals surface area contributed by atoms with Crippen LogP contribution in [-0.2, 0) is 0 Å². The molecule has 0 radical (unpaired) electrons. The predicted molar refractivity (Wildman–Crippen MR) is 65.2 cm³/mol. The lowest BCUT2D eigenvalue weighted by Crippen LogP contribution is -2.06. The zero-order valence-electron chi connectivity index (χ0n) is 9.18. The fraction of sp³-hybridized carbons (Fsp3) is 0.417. The van der Waals surface area contributed by atoms with Crippen LogP contribution in [-0.4, -0.2) is 9.55 Å². The molecule has 0 aliphatic rings. The molecule has 2 heterocycles. The Morgan fingerprint density at radius 3 is 2.80 bits per heavy atom. The van der Waals surface area contributed by atoms with Crippen LogP contribution >= 0.6 is 11.3 Å². The fourth-order valence-corrected chi connectivity index (χ4v) is 2.61.